The summed E-state index contributed by atoms with van der Waals surface area (Å²) in [7, 11) is 0. The molecule has 0 spiro atoms. The number of carbonyl (C=O) groups excluding carboxylic acids is 1. The molecule has 0 bridgehead atoms. The molecule has 90 valence electrons. The third kappa shape index (κ3) is 5.77. The molecule has 0 saturated heterocycles. The van der Waals surface area contributed by atoms with E-state index in [2.05, 4.69) is 16.6 Å². The van der Waals surface area contributed by atoms with Crippen molar-refractivity contribution in [1.29, 1.82) is 0 Å². The van der Waals surface area contributed by atoms with E-state index in [9.17, 15) is 4.79 Å². The predicted molar refractivity (Wildman–Crippen MR) is 65.9 cm³/mol. The molecule has 1 fully saturated rings. The molecular weight excluding hydrogens is 200 g/mol. The Morgan fingerprint density at radius 1 is 1.31 bits per heavy atom. The highest BCUT2D eigenvalue weighted by Crippen LogP contribution is 2.22. The molecule has 1 amide bonds. The lowest BCUT2D eigenvalue weighted by Crippen LogP contribution is -2.30. The first kappa shape index (κ1) is 13.1. The van der Waals surface area contributed by atoms with E-state index >= 15 is 0 Å². The minimum atomic E-state index is 0.0362. The molecule has 1 rings (SSSR count). The van der Waals surface area contributed by atoms with E-state index in [-0.39, 0.29) is 5.91 Å². The fourth-order valence-corrected chi connectivity index (χ4v) is 2.14. The van der Waals surface area contributed by atoms with Gasteiger partial charge < -0.3 is 10.6 Å². The molecule has 0 aromatic heterocycles. The summed E-state index contributed by atoms with van der Waals surface area (Å²) in [6, 6.07) is 0. The van der Waals surface area contributed by atoms with Crippen LogP contribution >= 0.6 is 0 Å². The van der Waals surface area contributed by atoms with Gasteiger partial charge in [-0.15, -0.1) is 6.42 Å². The molecule has 0 radical (unpaired) electrons. The maximum absolute atomic E-state index is 11.2. The Kier molecular flexibility index (Phi) is 6.67. The summed E-state index contributed by atoms with van der Waals surface area (Å²) in [6.07, 6.45) is 12.4. The minimum absolute atomic E-state index is 0.0362. The van der Waals surface area contributed by atoms with Gasteiger partial charge in [0.05, 0.1) is 6.54 Å². The molecule has 1 aliphatic rings. The number of amides is 1. The quantitative estimate of drug-likeness (QED) is 0.525. The molecule has 2 N–H and O–H groups in total. The molecular formula is C13H22N2O. The lowest BCUT2D eigenvalue weighted by atomic mass is 9.89. The summed E-state index contributed by atoms with van der Waals surface area (Å²) in [4.78, 5) is 11.2. The number of rotatable bonds is 6. The van der Waals surface area contributed by atoms with Gasteiger partial charge in [-0.05, 0) is 25.3 Å². The predicted octanol–water partition coefficient (Wildman–Crippen LogP) is 1.30. The normalized spacial score (nSPS) is 16.7. The first-order valence-corrected chi connectivity index (χ1v) is 6.24. The molecule has 1 saturated carbocycles. The van der Waals surface area contributed by atoms with Crippen LogP contribution in [0.4, 0.5) is 0 Å². The van der Waals surface area contributed by atoms with Crippen molar-refractivity contribution in [2.75, 3.05) is 19.6 Å². The van der Waals surface area contributed by atoms with Crippen molar-refractivity contribution in [3.05, 3.63) is 0 Å². The second-order valence-electron chi connectivity index (χ2n) is 4.44. The summed E-state index contributed by atoms with van der Waals surface area (Å²) >= 11 is 0. The third-order valence-electron chi connectivity index (χ3n) is 3.07. The maximum atomic E-state index is 11.2. The van der Waals surface area contributed by atoms with Gasteiger partial charge in [0, 0.05) is 13.0 Å². The SMILES string of the molecule is C#CCNC(=O)CCNCC1CCCCC1. The van der Waals surface area contributed by atoms with Crippen LogP contribution in [-0.2, 0) is 4.79 Å². The largest absolute Gasteiger partial charge is 0.345 e. The second kappa shape index (κ2) is 8.18. The highest BCUT2D eigenvalue weighted by atomic mass is 16.1. The lowest BCUT2D eigenvalue weighted by molar-refractivity contribution is -0.120. The van der Waals surface area contributed by atoms with E-state index in [1.54, 1.807) is 0 Å². The van der Waals surface area contributed by atoms with Crippen molar-refractivity contribution in [2.45, 2.75) is 38.5 Å². The van der Waals surface area contributed by atoms with Gasteiger partial charge in [-0.3, -0.25) is 4.79 Å². The summed E-state index contributed by atoms with van der Waals surface area (Å²) in [6.45, 7) is 2.15. The van der Waals surface area contributed by atoms with Gasteiger partial charge in [-0.1, -0.05) is 25.2 Å². The zero-order valence-electron chi connectivity index (χ0n) is 9.93. The summed E-state index contributed by atoms with van der Waals surface area (Å²) in [5.74, 6) is 3.25. The zero-order valence-corrected chi connectivity index (χ0v) is 9.93. The van der Waals surface area contributed by atoms with Crippen LogP contribution in [0, 0.1) is 18.3 Å². The molecule has 16 heavy (non-hydrogen) atoms. The Balaban J connectivity index is 1.94. The zero-order chi connectivity index (χ0) is 11.6. The van der Waals surface area contributed by atoms with Gasteiger partial charge in [0.1, 0.15) is 0 Å². The Bertz CT molecular complexity index is 239. The highest BCUT2D eigenvalue weighted by Gasteiger charge is 2.12. The maximum Gasteiger partial charge on any atom is 0.222 e. The van der Waals surface area contributed by atoms with Crippen LogP contribution in [0.25, 0.3) is 0 Å². The summed E-state index contributed by atoms with van der Waals surface area (Å²) in [5, 5.41) is 6.01. The average molecular weight is 222 g/mol. The first-order chi connectivity index (χ1) is 7.83. The van der Waals surface area contributed by atoms with Crippen molar-refractivity contribution in [2.24, 2.45) is 5.92 Å². The van der Waals surface area contributed by atoms with Crippen molar-refractivity contribution in [3.63, 3.8) is 0 Å². The molecule has 1 aliphatic carbocycles. The van der Waals surface area contributed by atoms with Crippen LogP contribution in [0.1, 0.15) is 38.5 Å². The van der Waals surface area contributed by atoms with Crippen LogP contribution < -0.4 is 10.6 Å². The van der Waals surface area contributed by atoms with Crippen molar-refractivity contribution in [3.8, 4) is 12.3 Å². The highest BCUT2D eigenvalue weighted by molar-refractivity contribution is 5.76. The number of hydrogen-bond acceptors (Lipinski definition) is 2. The fourth-order valence-electron chi connectivity index (χ4n) is 2.14. The Labute approximate surface area is 98.4 Å². The van der Waals surface area contributed by atoms with E-state index in [0.29, 0.717) is 13.0 Å². The van der Waals surface area contributed by atoms with Gasteiger partial charge in [0.2, 0.25) is 5.91 Å². The Morgan fingerprint density at radius 2 is 2.06 bits per heavy atom. The Morgan fingerprint density at radius 3 is 2.75 bits per heavy atom. The van der Waals surface area contributed by atoms with E-state index in [1.807, 2.05) is 0 Å². The van der Waals surface area contributed by atoms with Crippen LogP contribution in [0.2, 0.25) is 0 Å². The number of terminal acetylenes is 1. The van der Waals surface area contributed by atoms with Crippen LogP contribution in [-0.4, -0.2) is 25.5 Å². The first-order valence-electron chi connectivity index (χ1n) is 6.24. The number of hydrogen-bond donors (Lipinski definition) is 2. The van der Waals surface area contributed by atoms with Crippen LogP contribution in [0.5, 0.6) is 0 Å². The van der Waals surface area contributed by atoms with Crippen molar-refractivity contribution in [1.82, 2.24) is 10.6 Å². The smallest absolute Gasteiger partial charge is 0.222 e. The second-order valence-corrected chi connectivity index (χ2v) is 4.44. The van der Waals surface area contributed by atoms with Crippen molar-refractivity contribution >= 4 is 5.91 Å². The summed E-state index contributed by atoms with van der Waals surface area (Å²) < 4.78 is 0. The third-order valence-corrected chi connectivity index (χ3v) is 3.07. The number of nitrogens with one attached hydrogen (secondary N) is 2. The molecule has 3 nitrogen and oxygen atoms in total. The molecule has 0 aromatic rings. The van der Waals surface area contributed by atoms with E-state index < -0.39 is 0 Å². The van der Waals surface area contributed by atoms with Gasteiger partial charge in [0.25, 0.3) is 0 Å². The van der Waals surface area contributed by atoms with E-state index in [4.69, 9.17) is 6.42 Å². The molecule has 0 aromatic carbocycles. The monoisotopic (exact) mass is 222 g/mol. The van der Waals surface area contributed by atoms with E-state index in [1.165, 1.54) is 32.1 Å². The molecule has 0 unspecified atom stereocenters. The van der Waals surface area contributed by atoms with Gasteiger partial charge in [0.15, 0.2) is 0 Å². The molecule has 0 atom stereocenters. The molecule has 0 aliphatic heterocycles. The fraction of sp³-hybridized carbons (Fsp3) is 0.769. The van der Waals surface area contributed by atoms with Crippen LogP contribution in [0.15, 0.2) is 0 Å². The van der Waals surface area contributed by atoms with E-state index in [0.717, 1.165) is 19.0 Å². The van der Waals surface area contributed by atoms with Gasteiger partial charge in [-0.25, -0.2) is 0 Å². The topological polar surface area (TPSA) is 41.1 Å². The lowest BCUT2D eigenvalue weighted by Gasteiger charge is -2.21. The molecule has 3 heteroatoms. The van der Waals surface area contributed by atoms with Gasteiger partial charge in [-0.2, -0.15) is 0 Å². The summed E-state index contributed by atoms with van der Waals surface area (Å²) in [5.41, 5.74) is 0. The van der Waals surface area contributed by atoms with Crippen molar-refractivity contribution < 1.29 is 4.79 Å². The average Bonchev–Trinajstić information content (AvgIpc) is 2.33. The Hall–Kier alpha value is -1.01. The minimum Gasteiger partial charge on any atom is -0.345 e. The molecule has 0 heterocycles. The number of carbonyl (C=O) groups is 1. The van der Waals surface area contributed by atoms with Gasteiger partial charge >= 0.3 is 0 Å². The van der Waals surface area contributed by atoms with Crippen LogP contribution in [0.3, 0.4) is 0 Å². The standard InChI is InChI=1S/C13H22N2O/c1-2-9-15-13(16)8-10-14-11-12-6-4-3-5-7-12/h1,12,14H,3-11H2,(H,15,16).